The van der Waals surface area contributed by atoms with Crippen molar-refractivity contribution in [3.05, 3.63) is 41.7 Å². The molecule has 1 aromatic carbocycles. The van der Waals surface area contributed by atoms with E-state index in [-0.39, 0.29) is 11.6 Å². The molecular weight excluding hydrogens is 346 g/mol. The number of ether oxygens (including phenoxy) is 1. The number of hydrogen-bond acceptors (Lipinski definition) is 6. The van der Waals surface area contributed by atoms with Crippen molar-refractivity contribution in [2.24, 2.45) is 0 Å². The first kappa shape index (κ1) is 18.9. The maximum Gasteiger partial charge on any atom is 0.243 e. The van der Waals surface area contributed by atoms with Gasteiger partial charge in [-0.25, -0.2) is 13.1 Å². The highest BCUT2D eigenvalue weighted by Crippen LogP contribution is 2.13. The molecule has 0 radical (unpaired) electrons. The molecule has 0 saturated carbocycles. The van der Waals surface area contributed by atoms with E-state index < -0.39 is 22.0 Å². The predicted molar refractivity (Wildman–Crippen MR) is 93.0 cm³/mol. The van der Waals surface area contributed by atoms with Crippen LogP contribution in [0.5, 0.6) is 5.75 Å². The van der Waals surface area contributed by atoms with Crippen molar-refractivity contribution in [2.75, 3.05) is 18.2 Å². The Morgan fingerprint density at radius 1 is 1.36 bits per heavy atom. The molecule has 0 aliphatic carbocycles. The Labute approximate surface area is 146 Å². The zero-order chi connectivity index (χ0) is 18.4. The quantitative estimate of drug-likeness (QED) is 0.731. The van der Waals surface area contributed by atoms with E-state index in [4.69, 9.17) is 9.26 Å². The van der Waals surface area contributed by atoms with Gasteiger partial charge in [0.15, 0.2) is 5.82 Å². The van der Waals surface area contributed by atoms with Gasteiger partial charge in [0.1, 0.15) is 11.5 Å². The van der Waals surface area contributed by atoms with Crippen molar-refractivity contribution >= 4 is 21.7 Å². The molecule has 1 amide bonds. The summed E-state index contributed by atoms with van der Waals surface area (Å²) in [5, 5.41) is 6.12. The average molecular weight is 367 g/mol. The van der Waals surface area contributed by atoms with Gasteiger partial charge in [0.05, 0.1) is 18.9 Å². The monoisotopic (exact) mass is 367 g/mol. The first-order valence-electron chi connectivity index (χ1n) is 7.66. The number of rotatable bonds is 8. The second kappa shape index (κ2) is 8.13. The van der Waals surface area contributed by atoms with E-state index in [1.54, 1.807) is 38.3 Å². The van der Waals surface area contributed by atoms with Crippen LogP contribution in [-0.4, -0.2) is 38.4 Å². The van der Waals surface area contributed by atoms with Gasteiger partial charge in [0.2, 0.25) is 15.9 Å². The Balaban J connectivity index is 1.89. The summed E-state index contributed by atoms with van der Waals surface area (Å²) in [6.45, 7) is 3.15. The van der Waals surface area contributed by atoms with Crippen LogP contribution in [0.4, 0.5) is 5.82 Å². The number of carbonyl (C=O) groups excluding carboxylic acids is 1. The third kappa shape index (κ3) is 5.87. The zero-order valence-corrected chi connectivity index (χ0v) is 15.1. The summed E-state index contributed by atoms with van der Waals surface area (Å²) >= 11 is 0. The highest BCUT2D eigenvalue weighted by atomic mass is 32.2. The van der Waals surface area contributed by atoms with Crippen LogP contribution >= 0.6 is 0 Å². The van der Waals surface area contributed by atoms with Gasteiger partial charge in [0.25, 0.3) is 0 Å². The van der Waals surface area contributed by atoms with Crippen LogP contribution in [0.25, 0.3) is 0 Å². The maximum absolute atomic E-state index is 12.2. The smallest absolute Gasteiger partial charge is 0.243 e. The molecular formula is C16H21N3O5S. The number of hydrogen-bond donors (Lipinski definition) is 2. The van der Waals surface area contributed by atoms with Gasteiger partial charge in [-0.05, 0) is 38.0 Å². The van der Waals surface area contributed by atoms with Gasteiger partial charge >= 0.3 is 0 Å². The van der Waals surface area contributed by atoms with Crippen molar-refractivity contribution in [1.82, 2.24) is 9.88 Å². The summed E-state index contributed by atoms with van der Waals surface area (Å²) in [6.07, 6.45) is 0.309. The number of sulfonamides is 1. The second-order valence-electron chi connectivity index (χ2n) is 5.57. The lowest BCUT2D eigenvalue weighted by Gasteiger charge is -2.13. The molecule has 25 heavy (non-hydrogen) atoms. The Kier molecular flexibility index (Phi) is 6.16. The zero-order valence-electron chi connectivity index (χ0n) is 14.3. The lowest BCUT2D eigenvalue weighted by atomic mass is 10.2. The number of carbonyl (C=O) groups is 1. The molecule has 1 unspecified atom stereocenters. The molecule has 1 heterocycles. The van der Waals surface area contributed by atoms with Gasteiger partial charge in [-0.2, -0.15) is 0 Å². The average Bonchev–Trinajstić information content (AvgIpc) is 2.97. The molecule has 2 aromatic rings. The Morgan fingerprint density at radius 3 is 2.76 bits per heavy atom. The number of nitrogens with zero attached hydrogens (tertiary/aromatic N) is 1. The van der Waals surface area contributed by atoms with Crippen LogP contribution in [0.3, 0.4) is 0 Å². The minimum Gasteiger partial charge on any atom is -0.497 e. The van der Waals surface area contributed by atoms with Crippen LogP contribution < -0.4 is 14.8 Å². The first-order valence-corrected chi connectivity index (χ1v) is 9.31. The van der Waals surface area contributed by atoms with Gasteiger partial charge in [0, 0.05) is 6.07 Å². The molecule has 8 nitrogen and oxygen atoms in total. The highest BCUT2D eigenvalue weighted by molar-refractivity contribution is 7.89. The Hall–Kier alpha value is -2.39. The van der Waals surface area contributed by atoms with Crippen molar-refractivity contribution in [3.8, 4) is 5.75 Å². The fourth-order valence-corrected chi connectivity index (χ4v) is 3.39. The number of methoxy groups -OCH3 is 1. The van der Waals surface area contributed by atoms with E-state index in [2.05, 4.69) is 15.2 Å². The van der Waals surface area contributed by atoms with E-state index in [1.807, 2.05) is 6.07 Å². The van der Waals surface area contributed by atoms with Gasteiger partial charge in [-0.3, -0.25) is 4.79 Å². The molecule has 2 N–H and O–H groups in total. The molecule has 9 heteroatoms. The van der Waals surface area contributed by atoms with Crippen LogP contribution in [-0.2, 0) is 21.2 Å². The van der Waals surface area contributed by atoms with Crippen LogP contribution in [0.15, 0.2) is 34.9 Å². The molecule has 0 saturated heterocycles. The van der Waals surface area contributed by atoms with E-state index in [1.165, 1.54) is 6.92 Å². The second-order valence-corrected chi connectivity index (χ2v) is 7.45. The first-order chi connectivity index (χ1) is 11.8. The van der Waals surface area contributed by atoms with Crippen molar-refractivity contribution < 1.29 is 22.5 Å². The maximum atomic E-state index is 12.2. The van der Waals surface area contributed by atoms with Crippen LogP contribution in [0, 0.1) is 6.92 Å². The van der Waals surface area contributed by atoms with Crippen molar-refractivity contribution in [2.45, 2.75) is 26.3 Å². The molecule has 0 fully saturated rings. The predicted octanol–water partition coefficient (Wildman–Crippen LogP) is 1.48. The third-order valence-electron chi connectivity index (χ3n) is 3.42. The molecule has 136 valence electrons. The SMILES string of the molecule is COc1cccc(CCS(=O)(=O)NC(C)C(=O)Nc2cc(C)on2)c1. The van der Waals surface area contributed by atoms with Gasteiger partial charge < -0.3 is 14.6 Å². The van der Waals surface area contributed by atoms with Crippen LogP contribution in [0.2, 0.25) is 0 Å². The topological polar surface area (TPSA) is 111 Å². The minimum atomic E-state index is -3.63. The molecule has 0 spiro atoms. The summed E-state index contributed by atoms with van der Waals surface area (Å²) in [5.74, 6) is 0.796. The summed E-state index contributed by atoms with van der Waals surface area (Å²) in [7, 11) is -2.08. The van der Waals surface area contributed by atoms with E-state index in [0.29, 0.717) is 17.9 Å². The number of benzene rings is 1. The van der Waals surface area contributed by atoms with Crippen molar-refractivity contribution in [3.63, 3.8) is 0 Å². The lowest BCUT2D eigenvalue weighted by molar-refractivity contribution is -0.117. The Morgan fingerprint density at radius 2 is 2.12 bits per heavy atom. The summed E-state index contributed by atoms with van der Waals surface area (Å²) in [5.41, 5.74) is 0.833. The van der Waals surface area contributed by atoms with E-state index in [9.17, 15) is 13.2 Å². The molecule has 1 atom stereocenters. The summed E-state index contributed by atoms with van der Waals surface area (Å²) in [6, 6.07) is 7.78. The molecule has 0 aliphatic heterocycles. The summed E-state index contributed by atoms with van der Waals surface area (Å²) < 4.78 is 36.6. The van der Waals surface area contributed by atoms with Gasteiger partial charge in [-0.15, -0.1) is 0 Å². The fraction of sp³-hybridized carbons (Fsp3) is 0.375. The van der Waals surface area contributed by atoms with E-state index >= 15 is 0 Å². The highest BCUT2D eigenvalue weighted by Gasteiger charge is 2.21. The molecule has 0 aliphatic rings. The number of nitrogens with one attached hydrogen (secondary N) is 2. The third-order valence-corrected chi connectivity index (χ3v) is 4.88. The number of aryl methyl sites for hydroxylation is 2. The standard InChI is InChI=1S/C16H21N3O5S/c1-11-9-15(18-24-11)17-16(20)12(2)19-25(21,22)8-7-13-5-4-6-14(10-13)23-3/h4-6,9-10,12,19H,7-8H2,1-3H3,(H,17,18,20). The number of aromatic nitrogens is 1. The minimum absolute atomic E-state index is 0.138. The number of amides is 1. The van der Waals surface area contributed by atoms with Crippen molar-refractivity contribution in [1.29, 1.82) is 0 Å². The Bertz CT molecular complexity index is 832. The molecule has 1 aromatic heterocycles. The number of anilines is 1. The lowest BCUT2D eigenvalue weighted by Crippen LogP contribution is -2.42. The largest absolute Gasteiger partial charge is 0.497 e. The van der Waals surface area contributed by atoms with Crippen LogP contribution in [0.1, 0.15) is 18.2 Å². The fourth-order valence-electron chi connectivity index (χ4n) is 2.12. The van der Waals surface area contributed by atoms with E-state index in [0.717, 1.165) is 5.56 Å². The van der Waals surface area contributed by atoms with Gasteiger partial charge in [-0.1, -0.05) is 17.3 Å². The normalized spacial score (nSPS) is 12.6. The summed E-state index contributed by atoms with van der Waals surface area (Å²) in [4.78, 5) is 12.0. The molecule has 2 rings (SSSR count). The molecule has 0 bridgehead atoms.